The number of aliphatic hydroxyl groups excluding tert-OH is 1. The third-order valence-electron chi connectivity index (χ3n) is 4.08. The molecule has 0 aliphatic heterocycles. The van der Waals surface area contributed by atoms with Gasteiger partial charge in [0, 0.05) is 13.2 Å². The Morgan fingerprint density at radius 1 is 1.24 bits per heavy atom. The lowest BCUT2D eigenvalue weighted by Crippen LogP contribution is -2.35. The van der Waals surface area contributed by atoms with Crippen molar-refractivity contribution in [1.82, 2.24) is 5.32 Å². The summed E-state index contributed by atoms with van der Waals surface area (Å²) in [6.07, 6.45) is 4.05. The fourth-order valence-corrected chi connectivity index (χ4v) is 3.05. The van der Waals surface area contributed by atoms with Crippen molar-refractivity contribution in [1.29, 1.82) is 0 Å². The van der Waals surface area contributed by atoms with Gasteiger partial charge >= 0.3 is 0 Å². The minimum Gasteiger partial charge on any atom is -0.396 e. The number of hydrogen-bond donors (Lipinski definition) is 2. The lowest BCUT2D eigenvalue weighted by molar-refractivity contribution is 0.0909. The van der Waals surface area contributed by atoms with Gasteiger partial charge in [0.1, 0.15) is 0 Å². The zero-order valence-corrected chi connectivity index (χ0v) is 12.3. The molecule has 2 N–H and O–H groups in total. The van der Waals surface area contributed by atoms with Crippen molar-refractivity contribution in [2.24, 2.45) is 11.8 Å². The summed E-state index contributed by atoms with van der Waals surface area (Å²) in [7, 11) is 0. The molecule has 1 fully saturated rings. The third kappa shape index (κ3) is 3.92. The van der Waals surface area contributed by atoms with E-state index in [0.717, 1.165) is 37.8 Å². The molecule has 2 rings (SSSR count). The Balaban J connectivity index is 2.00. The molecule has 0 heterocycles. The van der Waals surface area contributed by atoms with Crippen LogP contribution in [-0.4, -0.2) is 24.2 Å². The van der Waals surface area contributed by atoms with E-state index in [4.69, 9.17) is 11.6 Å². The number of carbonyl (C=O) groups excluding carboxylic acids is 1. The van der Waals surface area contributed by atoms with Crippen LogP contribution in [0.25, 0.3) is 0 Å². The van der Waals surface area contributed by atoms with Gasteiger partial charge in [-0.25, -0.2) is 8.78 Å². The van der Waals surface area contributed by atoms with Crippen LogP contribution in [0.4, 0.5) is 8.78 Å². The van der Waals surface area contributed by atoms with Crippen LogP contribution in [0, 0.1) is 23.5 Å². The van der Waals surface area contributed by atoms with E-state index in [2.05, 4.69) is 5.32 Å². The van der Waals surface area contributed by atoms with E-state index in [1.807, 2.05) is 0 Å². The van der Waals surface area contributed by atoms with E-state index in [0.29, 0.717) is 6.54 Å². The van der Waals surface area contributed by atoms with Crippen LogP contribution in [0.15, 0.2) is 12.1 Å². The zero-order chi connectivity index (χ0) is 15.4. The molecule has 0 spiro atoms. The molecule has 3 nitrogen and oxygen atoms in total. The third-order valence-corrected chi connectivity index (χ3v) is 4.39. The monoisotopic (exact) mass is 317 g/mol. The van der Waals surface area contributed by atoms with E-state index in [1.165, 1.54) is 0 Å². The molecular weight excluding hydrogens is 300 g/mol. The van der Waals surface area contributed by atoms with E-state index in [9.17, 15) is 18.7 Å². The quantitative estimate of drug-likeness (QED) is 0.838. The second-order valence-electron chi connectivity index (χ2n) is 5.44. The van der Waals surface area contributed by atoms with Gasteiger partial charge in [-0.2, -0.15) is 0 Å². The smallest absolute Gasteiger partial charge is 0.252 e. The van der Waals surface area contributed by atoms with Gasteiger partial charge in [-0.15, -0.1) is 0 Å². The van der Waals surface area contributed by atoms with Gasteiger partial charge in [0.2, 0.25) is 0 Å². The molecule has 1 aromatic rings. The summed E-state index contributed by atoms with van der Waals surface area (Å²) in [5.74, 6) is -2.32. The van der Waals surface area contributed by atoms with E-state index in [-0.39, 0.29) is 29.0 Å². The molecule has 1 aliphatic carbocycles. The second kappa shape index (κ2) is 7.18. The standard InChI is InChI=1S/C15H18ClF2NO2/c16-12-6-14(18)13(17)5-11(12)15(21)19-7-9-3-1-2-4-10(9)8-20/h5-6,9-10,20H,1-4,7-8H2,(H,19,21). The van der Waals surface area contributed by atoms with Gasteiger partial charge in [-0.05, 0) is 36.8 Å². The molecule has 2 unspecified atom stereocenters. The van der Waals surface area contributed by atoms with Crippen molar-refractivity contribution in [2.75, 3.05) is 13.2 Å². The Hall–Kier alpha value is -1.20. The summed E-state index contributed by atoms with van der Waals surface area (Å²) < 4.78 is 26.2. The number of aliphatic hydroxyl groups is 1. The fourth-order valence-electron chi connectivity index (χ4n) is 2.81. The number of carbonyl (C=O) groups is 1. The molecule has 116 valence electrons. The molecule has 1 amide bonds. The Morgan fingerprint density at radius 3 is 2.52 bits per heavy atom. The first kappa shape index (κ1) is 16.2. The molecule has 0 bridgehead atoms. The van der Waals surface area contributed by atoms with Crippen molar-refractivity contribution in [3.63, 3.8) is 0 Å². The van der Waals surface area contributed by atoms with Gasteiger partial charge in [0.05, 0.1) is 10.6 Å². The van der Waals surface area contributed by atoms with E-state index in [1.54, 1.807) is 0 Å². The van der Waals surface area contributed by atoms with E-state index >= 15 is 0 Å². The van der Waals surface area contributed by atoms with Gasteiger partial charge in [0.25, 0.3) is 5.91 Å². The predicted molar refractivity (Wildman–Crippen MR) is 76.2 cm³/mol. The predicted octanol–water partition coefficient (Wildman–Crippen LogP) is 3.15. The molecule has 0 radical (unpaired) electrons. The Labute approximate surface area is 127 Å². The largest absolute Gasteiger partial charge is 0.396 e. The number of halogens is 3. The van der Waals surface area contributed by atoms with Crippen LogP contribution >= 0.6 is 11.6 Å². The first-order valence-corrected chi connectivity index (χ1v) is 7.44. The average molecular weight is 318 g/mol. The number of rotatable bonds is 4. The summed E-state index contributed by atoms with van der Waals surface area (Å²) in [6.45, 7) is 0.506. The maximum absolute atomic E-state index is 13.2. The lowest BCUT2D eigenvalue weighted by Gasteiger charge is -2.30. The van der Waals surface area contributed by atoms with Crippen LogP contribution in [0.5, 0.6) is 0 Å². The van der Waals surface area contributed by atoms with Crippen LogP contribution in [0.2, 0.25) is 5.02 Å². The molecule has 2 atom stereocenters. The maximum atomic E-state index is 13.2. The molecular formula is C15H18ClF2NO2. The fraction of sp³-hybridized carbons (Fsp3) is 0.533. The molecule has 21 heavy (non-hydrogen) atoms. The van der Waals surface area contributed by atoms with Crippen LogP contribution in [0.3, 0.4) is 0 Å². The van der Waals surface area contributed by atoms with Crippen molar-refractivity contribution in [2.45, 2.75) is 25.7 Å². The van der Waals surface area contributed by atoms with E-state index < -0.39 is 17.5 Å². The molecule has 1 saturated carbocycles. The van der Waals surface area contributed by atoms with Crippen molar-refractivity contribution in [3.05, 3.63) is 34.4 Å². The zero-order valence-electron chi connectivity index (χ0n) is 11.5. The van der Waals surface area contributed by atoms with Gasteiger partial charge < -0.3 is 10.4 Å². The first-order valence-electron chi connectivity index (χ1n) is 7.06. The summed E-state index contributed by atoms with van der Waals surface area (Å²) in [4.78, 5) is 12.0. The van der Waals surface area contributed by atoms with Crippen LogP contribution in [-0.2, 0) is 0 Å². The Bertz CT molecular complexity index is 525. The number of benzene rings is 1. The van der Waals surface area contributed by atoms with Gasteiger partial charge in [-0.1, -0.05) is 24.4 Å². The van der Waals surface area contributed by atoms with Crippen LogP contribution < -0.4 is 5.32 Å². The molecule has 1 aromatic carbocycles. The number of hydrogen-bond acceptors (Lipinski definition) is 2. The summed E-state index contributed by atoms with van der Waals surface area (Å²) in [5, 5.41) is 11.9. The van der Waals surface area contributed by atoms with Gasteiger partial charge in [0.15, 0.2) is 11.6 Å². The lowest BCUT2D eigenvalue weighted by atomic mass is 9.79. The maximum Gasteiger partial charge on any atom is 0.252 e. The highest BCUT2D eigenvalue weighted by atomic mass is 35.5. The highest BCUT2D eigenvalue weighted by Gasteiger charge is 2.25. The van der Waals surface area contributed by atoms with Crippen LogP contribution in [0.1, 0.15) is 36.0 Å². The van der Waals surface area contributed by atoms with Crippen molar-refractivity contribution >= 4 is 17.5 Å². The molecule has 0 saturated heterocycles. The normalized spacial score (nSPS) is 22.1. The first-order chi connectivity index (χ1) is 10.0. The number of amides is 1. The highest BCUT2D eigenvalue weighted by molar-refractivity contribution is 6.33. The van der Waals surface area contributed by atoms with Crippen molar-refractivity contribution < 1.29 is 18.7 Å². The highest BCUT2D eigenvalue weighted by Crippen LogP contribution is 2.29. The van der Waals surface area contributed by atoms with Crippen molar-refractivity contribution in [3.8, 4) is 0 Å². The Kier molecular flexibility index (Phi) is 5.53. The summed E-state index contributed by atoms with van der Waals surface area (Å²) >= 11 is 5.77. The molecule has 6 heteroatoms. The topological polar surface area (TPSA) is 49.3 Å². The summed E-state index contributed by atoms with van der Waals surface area (Å²) in [5.41, 5.74) is -0.0769. The minimum absolute atomic E-state index is 0.0769. The second-order valence-corrected chi connectivity index (χ2v) is 5.85. The molecule has 1 aliphatic rings. The number of nitrogens with one attached hydrogen (secondary N) is 1. The summed E-state index contributed by atoms with van der Waals surface area (Å²) in [6, 6.07) is 1.60. The van der Waals surface area contributed by atoms with Gasteiger partial charge in [-0.3, -0.25) is 4.79 Å². The SMILES string of the molecule is O=C(NCC1CCCCC1CO)c1cc(F)c(F)cc1Cl. The molecule has 0 aromatic heterocycles. The minimum atomic E-state index is -1.10. The Morgan fingerprint density at radius 2 is 1.86 bits per heavy atom. The average Bonchev–Trinajstić information content (AvgIpc) is 2.48.